The number of fused-ring (bicyclic) bond motifs is 1. The lowest BCUT2D eigenvalue weighted by Gasteiger charge is -2.20. The van der Waals surface area contributed by atoms with Gasteiger partial charge in [0.25, 0.3) is 5.09 Å². The molecule has 27 heavy (non-hydrogen) atoms. The van der Waals surface area contributed by atoms with Gasteiger partial charge in [0.2, 0.25) is 0 Å². The summed E-state index contributed by atoms with van der Waals surface area (Å²) in [5.74, 6) is 0.264. The van der Waals surface area contributed by atoms with Crippen LogP contribution in [0.15, 0.2) is 30.5 Å². The maximum atomic E-state index is 12.0. The van der Waals surface area contributed by atoms with Crippen molar-refractivity contribution < 1.29 is 24.2 Å². The molecular weight excluding hydrogens is 354 g/mol. The molecule has 0 saturated heterocycles. The molecule has 0 bridgehead atoms. The van der Waals surface area contributed by atoms with Crippen molar-refractivity contribution in [3.8, 4) is 5.75 Å². The maximum absolute atomic E-state index is 12.0. The second kappa shape index (κ2) is 10.4. The molecule has 1 aromatic carbocycles. The van der Waals surface area contributed by atoms with E-state index in [2.05, 4.69) is 15.1 Å². The number of aromatic amines is 1. The van der Waals surface area contributed by atoms with E-state index in [0.29, 0.717) is 12.3 Å². The first kappa shape index (κ1) is 20.5. The molecule has 2 aromatic rings. The molecule has 148 valence electrons. The number of aromatic nitrogens is 1. The third kappa shape index (κ3) is 7.14. The number of hydrogen-bond acceptors (Lipinski definition) is 7. The van der Waals surface area contributed by atoms with Crippen LogP contribution in [0.2, 0.25) is 0 Å². The van der Waals surface area contributed by atoms with Crippen LogP contribution in [-0.2, 0) is 14.4 Å². The number of hydrogen-bond donors (Lipinski definition) is 2. The summed E-state index contributed by atoms with van der Waals surface area (Å²) in [5, 5.41) is 13.4. The number of rotatable bonds is 12. The first-order valence-electron chi connectivity index (χ1n) is 8.84. The summed E-state index contributed by atoms with van der Waals surface area (Å²) >= 11 is 0. The molecule has 0 aliphatic rings. The minimum absolute atomic E-state index is 0.0411. The highest BCUT2D eigenvalue weighted by molar-refractivity contribution is 5.85. The van der Waals surface area contributed by atoms with Gasteiger partial charge in [0, 0.05) is 36.1 Å². The summed E-state index contributed by atoms with van der Waals surface area (Å²) < 4.78 is 11.3. The highest BCUT2D eigenvalue weighted by Crippen LogP contribution is 2.24. The van der Waals surface area contributed by atoms with Gasteiger partial charge in [-0.05, 0) is 24.6 Å². The molecule has 0 aliphatic carbocycles. The van der Waals surface area contributed by atoms with Gasteiger partial charge >= 0.3 is 5.97 Å². The van der Waals surface area contributed by atoms with Gasteiger partial charge in [-0.15, -0.1) is 10.1 Å². The smallest absolute Gasteiger partial charge is 0.306 e. The fourth-order valence-electron chi connectivity index (χ4n) is 2.47. The van der Waals surface area contributed by atoms with E-state index in [1.807, 2.05) is 44.3 Å². The van der Waals surface area contributed by atoms with E-state index in [1.165, 1.54) is 0 Å². The highest BCUT2D eigenvalue weighted by atomic mass is 16.9. The molecule has 0 amide bonds. The van der Waals surface area contributed by atoms with Gasteiger partial charge in [0.15, 0.2) is 0 Å². The quantitative estimate of drug-likeness (QED) is 0.252. The van der Waals surface area contributed by atoms with Crippen LogP contribution in [0.25, 0.3) is 10.9 Å². The molecule has 2 rings (SSSR count). The first-order valence-corrected chi connectivity index (χ1v) is 8.84. The lowest BCUT2D eigenvalue weighted by atomic mass is 10.2. The molecule has 0 fully saturated rings. The standard InChI is InChI=1S/C18H25N3O6/c1-13(2)20-11-14(27-18(22)7-4-10-26-21(23)24)12-25-17-6-3-5-16-15(17)8-9-19-16/h3,5-6,8-9,13-14,19-20H,4,7,10-12H2,1-2H3. The Morgan fingerprint density at radius 2 is 2.15 bits per heavy atom. The molecule has 1 atom stereocenters. The van der Waals surface area contributed by atoms with Gasteiger partial charge in [-0.2, -0.15) is 0 Å². The van der Waals surface area contributed by atoms with Gasteiger partial charge in [0.1, 0.15) is 18.5 Å². The van der Waals surface area contributed by atoms with E-state index >= 15 is 0 Å². The first-order chi connectivity index (χ1) is 13.0. The fraction of sp³-hybridized carbons (Fsp3) is 0.500. The lowest BCUT2D eigenvalue weighted by Crippen LogP contribution is -2.38. The molecule has 9 heteroatoms. The van der Waals surface area contributed by atoms with Crippen LogP contribution >= 0.6 is 0 Å². The minimum Gasteiger partial charge on any atom is -0.489 e. The number of H-pyrrole nitrogens is 1. The SMILES string of the molecule is CC(C)NCC(COc1cccc2[nH]ccc12)OC(=O)CCCO[N+](=O)[O-]. The largest absolute Gasteiger partial charge is 0.489 e. The van der Waals surface area contributed by atoms with Crippen molar-refractivity contribution in [1.29, 1.82) is 0 Å². The van der Waals surface area contributed by atoms with E-state index in [4.69, 9.17) is 9.47 Å². The zero-order chi connectivity index (χ0) is 19.6. The molecule has 0 spiro atoms. The summed E-state index contributed by atoms with van der Waals surface area (Å²) in [4.78, 5) is 29.4. The summed E-state index contributed by atoms with van der Waals surface area (Å²) in [6.07, 6.45) is 1.61. The molecule has 2 N–H and O–H groups in total. The second-order valence-corrected chi connectivity index (χ2v) is 6.34. The molecule has 1 unspecified atom stereocenters. The molecule has 0 aliphatic heterocycles. The number of esters is 1. The zero-order valence-corrected chi connectivity index (χ0v) is 15.5. The van der Waals surface area contributed by atoms with Crippen LogP contribution in [0, 0.1) is 10.1 Å². The number of nitrogens with one attached hydrogen (secondary N) is 2. The van der Waals surface area contributed by atoms with Crippen LogP contribution in [0.5, 0.6) is 5.75 Å². The maximum Gasteiger partial charge on any atom is 0.306 e. The monoisotopic (exact) mass is 379 g/mol. The Morgan fingerprint density at radius 3 is 2.89 bits per heavy atom. The predicted molar refractivity (Wildman–Crippen MR) is 99.0 cm³/mol. The number of nitrogens with zero attached hydrogens (tertiary/aromatic N) is 1. The van der Waals surface area contributed by atoms with E-state index in [0.717, 1.165) is 10.9 Å². The van der Waals surface area contributed by atoms with Gasteiger partial charge in [-0.1, -0.05) is 19.9 Å². The van der Waals surface area contributed by atoms with Crippen molar-refractivity contribution in [2.24, 2.45) is 0 Å². The molecular formula is C18H25N3O6. The molecule has 9 nitrogen and oxygen atoms in total. The highest BCUT2D eigenvalue weighted by Gasteiger charge is 2.17. The van der Waals surface area contributed by atoms with Crippen molar-refractivity contribution in [1.82, 2.24) is 10.3 Å². The minimum atomic E-state index is -0.879. The van der Waals surface area contributed by atoms with Crippen molar-refractivity contribution in [3.63, 3.8) is 0 Å². The Balaban J connectivity index is 1.88. The van der Waals surface area contributed by atoms with E-state index in [1.54, 1.807) is 0 Å². The normalized spacial score (nSPS) is 12.1. The van der Waals surface area contributed by atoms with Gasteiger partial charge in [-0.25, -0.2) is 0 Å². The zero-order valence-electron chi connectivity index (χ0n) is 15.5. The van der Waals surface area contributed by atoms with Crippen LogP contribution in [0.1, 0.15) is 26.7 Å². The van der Waals surface area contributed by atoms with Gasteiger partial charge in [-0.3, -0.25) is 4.79 Å². The molecule has 1 heterocycles. The van der Waals surface area contributed by atoms with Crippen molar-refractivity contribution in [2.45, 2.75) is 38.8 Å². The van der Waals surface area contributed by atoms with E-state index < -0.39 is 17.2 Å². The van der Waals surface area contributed by atoms with Gasteiger partial charge in [0.05, 0.1) is 6.61 Å². The summed E-state index contributed by atoms with van der Waals surface area (Å²) in [5.41, 5.74) is 0.965. The van der Waals surface area contributed by atoms with Crippen LogP contribution in [-0.4, -0.2) is 47.9 Å². The average molecular weight is 379 g/mol. The van der Waals surface area contributed by atoms with Crippen molar-refractivity contribution in [3.05, 3.63) is 40.6 Å². The Morgan fingerprint density at radius 1 is 1.33 bits per heavy atom. The average Bonchev–Trinajstić information content (AvgIpc) is 3.10. The summed E-state index contributed by atoms with van der Waals surface area (Å²) in [6, 6.07) is 7.85. The number of carbonyl (C=O) groups excluding carboxylic acids is 1. The van der Waals surface area contributed by atoms with Crippen molar-refractivity contribution in [2.75, 3.05) is 19.8 Å². The van der Waals surface area contributed by atoms with Crippen LogP contribution < -0.4 is 10.1 Å². The Kier molecular flexibility index (Phi) is 7.87. The lowest BCUT2D eigenvalue weighted by molar-refractivity contribution is -0.757. The fourth-order valence-corrected chi connectivity index (χ4v) is 2.47. The van der Waals surface area contributed by atoms with Gasteiger partial charge < -0.3 is 24.6 Å². The third-order valence-electron chi connectivity index (χ3n) is 3.75. The summed E-state index contributed by atoms with van der Waals surface area (Å²) in [7, 11) is 0. The molecule has 1 aromatic heterocycles. The van der Waals surface area contributed by atoms with Crippen molar-refractivity contribution >= 4 is 16.9 Å². The summed E-state index contributed by atoms with van der Waals surface area (Å²) in [6.45, 7) is 4.49. The van der Waals surface area contributed by atoms with Crippen LogP contribution in [0.3, 0.4) is 0 Å². The van der Waals surface area contributed by atoms with E-state index in [9.17, 15) is 14.9 Å². The number of benzene rings is 1. The second-order valence-electron chi connectivity index (χ2n) is 6.34. The van der Waals surface area contributed by atoms with E-state index in [-0.39, 0.29) is 32.1 Å². The number of carbonyl (C=O) groups is 1. The predicted octanol–water partition coefficient (Wildman–Crippen LogP) is 2.45. The molecule has 0 radical (unpaired) electrons. The number of ether oxygens (including phenoxy) is 2. The Labute approximate surface area is 157 Å². The Hall–Kier alpha value is -2.81. The molecule has 0 saturated carbocycles. The third-order valence-corrected chi connectivity index (χ3v) is 3.75. The Bertz CT molecular complexity index is 746. The van der Waals surface area contributed by atoms with Crippen LogP contribution in [0.4, 0.5) is 0 Å². The topological polar surface area (TPSA) is 116 Å².